The van der Waals surface area contributed by atoms with Gasteiger partial charge in [-0.2, -0.15) is 0 Å². The molecule has 0 spiro atoms. The molecule has 0 aromatic carbocycles. The summed E-state index contributed by atoms with van der Waals surface area (Å²) in [5.74, 6) is 0. The van der Waals surface area contributed by atoms with Crippen molar-refractivity contribution >= 4 is 0 Å². The molecule has 0 aliphatic carbocycles. The maximum absolute atomic E-state index is 4.09. The van der Waals surface area contributed by atoms with E-state index >= 15 is 0 Å². The van der Waals surface area contributed by atoms with E-state index in [0.717, 1.165) is 12.6 Å². The third-order valence-electron chi connectivity index (χ3n) is 4.77. The number of hydrogen-bond donors (Lipinski definition) is 0. The minimum absolute atomic E-state index is 0.817. The zero-order valence-electron chi connectivity index (χ0n) is 12.5. The molecular weight excluding hydrogens is 248 g/mol. The Morgan fingerprint density at radius 2 is 1.65 bits per heavy atom. The van der Waals surface area contributed by atoms with E-state index in [1.807, 2.05) is 12.4 Å². The lowest BCUT2D eigenvalue weighted by Crippen LogP contribution is -2.52. The Morgan fingerprint density at radius 3 is 2.30 bits per heavy atom. The van der Waals surface area contributed by atoms with Crippen molar-refractivity contribution < 1.29 is 0 Å². The minimum Gasteiger partial charge on any atom is -0.304 e. The topological polar surface area (TPSA) is 22.6 Å². The average Bonchev–Trinajstić information content (AvgIpc) is 2.50. The van der Waals surface area contributed by atoms with Crippen molar-refractivity contribution in [3.8, 4) is 0 Å². The first-order valence-electron chi connectivity index (χ1n) is 7.85. The van der Waals surface area contributed by atoms with Gasteiger partial charge < -0.3 is 4.90 Å². The average molecular weight is 274 g/mol. The maximum Gasteiger partial charge on any atom is 0.0271 e. The van der Waals surface area contributed by atoms with Crippen LogP contribution in [0.1, 0.15) is 18.4 Å². The molecule has 0 N–H and O–H groups in total. The second-order valence-electron chi connectivity index (χ2n) is 6.20. The first-order chi connectivity index (χ1) is 9.81. The third kappa shape index (κ3) is 3.57. The smallest absolute Gasteiger partial charge is 0.0271 e. The summed E-state index contributed by atoms with van der Waals surface area (Å²) in [6, 6.07) is 5.08. The van der Waals surface area contributed by atoms with E-state index in [1.54, 1.807) is 0 Å². The third-order valence-corrected chi connectivity index (χ3v) is 4.77. The van der Waals surface area contributed by atoms with Crippen molar-refractivity contribution in [2.75, 3.05) is 46.3 Å². The Bertz CT molecular complexity index is 392. The summed E-state index contributed by atoms with van der Waals surface area (Å²) in [6.07, 6.45) is 6.45. The lowest BCUT2D eigenvalue weighted by molar-refractivity contribution is 0.0658. The predicted molar refractivity (Wildman–Crippen MR) is 81.6 cm³/mol. The van der Waals surface area contributed by atoms with Crippen LogP contribution in [-0.2, 0) is 6.54 Å². The molecule has 1 aromatic rings. The highest BCUT2D eigenvalue weighted by Gasteiger charge is 2.26. The molecule has 3 heterocycles. The van der Waals surface area contributed by atoms with E-state index in [0.29, 0.717) is 0 Å². The molecule has 0 saturated carbocycles. The number of likely N-dealkylation sites (tertiary alicyclic amines) is 1. The highest BCUT2D eigenvalue weighted by atomic mass is 15.3. The molecule has 0 unspecified atom stereocenters. The molecule has 0 bridgehead atoms. The van der Waals surface area contributed by atoms with Crippen LogP contribution in [0.5, 0.6) is 0 Å². The van der Waals surface area contributed by atoms with E-state index in [2.05, 4.69) is 38.9 Å². The lowest BCUT2D eigenvalue weighted by atomic mass is 10.0. The van der Waals surface area contributed by atoms with Crippen LogP contribution in [0.25, 0.3) is 0 Å². The van der Waals surface area contributed by atoms with Crippen LogP contribution in [-0.4, -0.2) is 72.0 Å². The molecule has 0 amide bonds. The van der Waals surface area contributed by atoms with E-state index in [-0.39, 0.29) is 0 Å². The summed E-state index contributed by atoms with van der Waals surface area (Å²) in [6.45, 7) is 8.53. The van der Waals surface area contributed by atoms with Crippen molar-refractivity contribution in [1.29, 1.82) is 0 Å². The van der Waals surface area contributed by atoms with Gasteiger partial charge in [0.1, 0.15) is 0 Å². The molecule has 2 aliphatic rings. The van der Waals surface area contributed by atoms with Crippen LogP contribution in [0.15, 0.2) is 24.5 Å². The van der Waals surface area contributed by atoms with Crippen molar-refractivity contribution in [2.24, 2.45) is 0 Å². The summed E-state index contributed by atoms with van der Waals surface area (Å²) < 4.78 is 0. The first-order valence-corrected chi connectivity index (χ1v) is 7.85. The first kappa shape index (κ1) is 14.0. The van der Waals surface area contributed by atoms with Gasteiger partial charge in [-0.15, -0.1) is 0 Å². The standard InChI is InChI=1S/C16H26N4/c1-18-10-12-20(13-11-18)16-4-8-19(9-5-16)14-15-2-6-17-7-3-15/h2-3,6-7,16H,4-5,8-14H2,1H3. The van der Waals surface area contributed by atoms with Crippen molar-refractivity contribution in [3.05, 3.63) is 30.1 Å². The Morgan fingerprint density at radius 1 is 1.00 bits per heavy atom. The number of piperazine rings is 1. The number of hydrogen-bond acceptors (Lipinski definition) is 4. The van der Waals surface area contributed by atoms with Gasteiger partial charge in [0.25, 0.3) is 0 Å². The molecule has 20 heavy (non-hydrogen) atoms. The number of nitrogens with zero attached hydrogens (tertiary/aromatic N) is 4. The van der Waals surface area contributed by atoms with Gasteiger partial charge in [-0.1, -0.05) is 0 Å². The largest absolute Gasteiger partial charge is 0.304 e. The van der Waals surface area contributed by atoms with Gasteiger partial charge in [-0.3, -0.25) is 14.8 Å². The van der Waals surface area contributed by atoms with E-state index in [9.17, 15) is 0 Å². The summed E-state index contributed by atoms with van der Waals surface area (Å²) in [4.78, 5) is 11.8. The highest BCUT2D eigenvalue weighted by molar-refractivity contribution is 5.09. The van der Waals surface area contributed by atoms with Crippen molar-refractivity contribution in [3.63, 3.8) is 0 Å². The fraction of sp³-hybridized carbons (Fsp3) is 0.688. The highest BCUT2D eigenvalue weighted by Crippen LogP contribution is 2.19. The van der Waals surface area contributed by atoms with Gasteiger partial charge >= 0.3 is 0 Å². The monoisotopic (exact) mass is 274 g/mol. The molecule has 2 saturated heterocycles. The zero-order valence-corrected chi connectivity index (χ0v) is 12.5. The molecular formula is C16H26N4. The second-order valence-corrected chi connectivity index (χ2v) is 6.20. The summed E-state index contributed by atoms with van der Waals surface area (Å²) >= 11 is 0. The van der Waals surface area contributed by atoms with Gasteiger partial charge in [-0.05, 0) is 50.7 Å². The van der Waals surface area contributed by atoms with Gasteiger partial charge in [0.2, 0.25) is 0 Å². The fourth-order valence-electron chi connectivity index (χ4n) is 3.38. The Kier molecular flexibility index (Phi) is 4.65. The van der Waals surface area contributed by atoms with Crippen LogP contribution < -0.4 is 0 Å². The van der Waals surface area contributed by atoms with Gasteiger partial charge in [0.15, 0.2) is 0 Å². The van der Waals surface area contributed by atoms with Gasteiger partial charge in [-0.25, -0.2) is 0 Å². The van der Waals surface area contributed by atoms with Crippen LogP contribution in [0, 0.1) is 0 Å². The van der Waals surface area contributed by atoms with Crippen molar-refractivity contribution in [2.45, 2.75) is 25.4 Å². The van der Waals surface area contributed by atoms with Crippen LogP contribution >= 0.6 is 0 Å². The number of aromatic nitrogens is 1. The normalized spacial score (nSPS) is 24.1. The lowest BCUT2D eigenvalue weighted by Gasteiger charge is -2.42. The quantitative estimate of drug-likeness (QED) is 0.828. The SMILES string of the molecule is CN1CCN(C2CCN(Cc3ccncc3)CC2)CC1. The van der Waals surface area contributed by atoms with E-state index in [1.165, 1.54) is 57.7 Å². The van der Waals surface area contributed by atoms with E-state index in [4.69, 9.17) is 0 Å². The molecule has 4 nitrogen and oxygen atoms in total. The maximum atomic E-state index is 4.09. The second kappa shape index (κ2) is 6.66. The molecule has 110 valence electrons. The fourth-order valence-corrected chi connectivity index (χ4v) is 3.38. The molecule has 2 aliphatic heterocycles. The van der Waals surface area contributed by atoms with Crippen LogP contribution in [0.3, 0.4) is 0 Å². The Hall–Kier alpha value is -0.970. The Labute approximate surface area is 122 Å². The molecule has 3 rings (SSSR count). The molecule has 1 aromatic heterocycles. The molecule has 0 atom stereocenters. The van der Waals surface area contributed by atoms with Crippen molar-refractivity contribution in [1.82, 2.24) is 19.7 Å². The van der Waals surface area contributed by atoms with Crippen LogP contribution in [0.4, 0.5) is 0 Å². The number of piperidine rings is 1. The predicted octanol–water partition coefficient (Wildman–Crippen LogP) is 1.29. The van der Waals surface area contributed by atoms with Gasteiger partial charge in [0, 0.05) is 51.2 Å². The molecule has 2 fully saturated rings. The van der Waals surface area contributed by atoms with Crippen LogP contribution in [0.2, 0.25) is 0 Å². The van der Waals surface area contributed by atoms with E-state index < -0.39 is 0 Å². The number of rotatable bonds is 3. The molecule has 4 heteroatoms. The Balaban J connectivity index is 1.45. The summed E-state index contributed by atoms with van der Waals surface area (Å²) in [5.41, 5.74) is 1.39. The zero-order chi connectivity index (χ0) is 13.8. The summed E-state index contributed by atoms with van der Waals surface area (Å²) in [7, 11) is 2.23. The number of likely N-dealkylation sites (N-methyl/N-ethyl adjacent to an activating group) is 1. The van der Waals surface area contributed by atoms with Gasteiger partial charge in [0.05, 0.1) is 0 Å². The summed E-state index contributed by atoms with van der Waals surface area (Å²) in [5, 5.41) is 0. The minimum atomic E-state index is 0.817. The molecule has 0 radical (unpaired) electrons. The number of pyridine rings is 1.